The summed E-state index contributed by atoms with van der Waals surface area (Å²) in [5, 5.41) is 12.9. The summed E-state index contributed by atoms with van der Waals surface area (Å²) in [7, 11) is 0. The van der Waals surface area contributed by atoms with Crippen LogP contribution in [0, 0.1) is 6.92 Å². The standard InChI is InChI=1S/C20H20O/c1-15-9-11-16(12-10-15)13-19(21)14-18-7-4-6-17-5-2-3-8-20(17)18/h2-12,19,21H,13-14H2,1H3. The molecule has 0 fully saturated rings. The molecule has 0 aliphatic carbocycles. The number of fused-ring (bicyclic) bond motifs is 1. The summed E-state index contributed by atoms with van der Waals surface area (Å²) in [4.78, 5) is 0. The lowest BCUT2D eigenvalue weighted by Gasteiger charge is -2.13. The Labute approximate surface area is 125 Å². The molecule has 0 amide bonds. The third-order valence-corrected chi connectivity index (χ3v) is 3.93. The molecule has 1 heteroatoms. The average molecular weight is 276 g/mol. The van der Waals surface area contributed by atoms with E-state index in [0.29, 0.717) is 12.8 Å². The molecule has 21 heavy (non-hydrogen) atoms. The van der Waals surface area contributed by atoms with Gasteiger partial charge in [0, 0.05) is 0 Å². The average Bonchev–Trinajstić information content (AvgIpc) is 2.50. The Morgan fingerprint density at radius 1 is 0.810 bits per heavy atom. The van der Waals surface area contributed by atoms with Crippen molar-refractivity contribution < 1.29 is 5.11 Å². The molecule has 3 aromatic carbocycles. The van der Waals surface area contributed by atoms with Crippen LogP contribution in [0.2, 0.25) is 0 Å². The predicted molar refractivity (Wildman–Crippen MR) is 88.5 cm³/mol. The van der Waals surface area contributed by atoms with Crippen molar-refractivity contribution in [3.05, 3.63) is 83.4 Å². The molecule has 0 radical (unpaired) electrons. The van der Waals surface area contributed by atoms with Crippen molar-refractivity contribution in [1.82, 2.24) is 0 Å². The highest BCUT2D eigenvalue weighted by Crippen LogP contribution is 2.20. The Bertz CT molecular complexity index is 723. The maximum atomic E-state index is 10.4. The molecular weight excluding hydrogens is 256 g/mol. The first-order valence-electron chi connectivity index (χ1n) is 7.42. The molecule has 0 aliphatic heterocycles. The predicted octanol–water partition coefficient (Wildman–Crippen LogP) is 4.29. The zero-order valence-corrected chi connectivity index (χ0v) is 12.3. The van der Waals surface area contributed by atoms with E-state index < -0.39 is 0 Å². The van der Waals surface area contributed by atoms with Crippen LogP contribution < -0.4 is 0 Å². The Kier molecular flexibility index (Phi) is 4.03. The highest BCUT2D eigenvalue weighted by Gasteiger charge is 2.09. The molecule has 1 N–H and O–H groups in total. The molecule has 0 saturated heterocycles. The highest BCUT2D eigenvalue weighted by molar-refractivity contribution is 5.85. The zero-order chi connectivity index (χ0) is 14.7. The number of rotatable bonds is 4. The summed E-state index contributed by atoms with van der Waals surface area (Å²) in [6, 6.07) is 23.0. The normalized spacial score (nSPS) is 12.5. The summed E-state index contributed by atoms with van der Waals surface area (Å²) in [5.74, 6) is 0. The fourth-order valence-electron chi connectivity index (χ4n) is 2.79. The molecule has 1 nitrogen and oxygen atoms in total. The summed E-state index contributed by atoms with van der Waals surface area (Å²) < 4.78 is 0. The lowest BCUT2D eigenvalue weighted by molar-refractivity contribution is 0.176. The lowest BCUT2D eigenvalue weighted by Crippen LogP contribution is -2.14. The van der Waals surface area contributed by atoms with Crippen molar-refractivity contribution in [2.24, 2.45) is 0 Å². The van der Waals surface area contributed by atoms with Crippen LogP contribution in [0.1, 0.15) is 16.7 Å². The van der Waals surface area contributed by atoms with Crippen LogP contribution in [-0.2, 0) is 12.8 Å². The number of aliphatic hydroxyl groups excluding tert-OH is 1. The second-order valence-electron chi connectivity index (χ2n) is 5.69. The highest BCUT2D eigenvalue weighted by atomic mass is 16.3. The SMILES string of the molecule is Cc1ccc(CC(O)Cc2cccc3ccccc23)cc1. The van der Waals surface area contributed by atoms with E-state index in [1.165, 1.54) is 27.5 Å². The first-order valence-corrected chi connectivity index (χ1v) is 7.42. The molecule has 0 aromatic heterocycles. The quantitative estimate of drug-likeness (QED) is 0.753. The van der Waals surface area contributed by atoms with Gasteiger partial charge in [-0.1, -0.05) is 72.3 Å². The Hall–Kier alpha value is -2.12. The van der Waals surface area contributed by atoms with Gasteiger partial charge in [0.2, 0.25) is 0 Å². The van der Waals surface area contributed by atoms with E-state index in [0.717, 1.165) is 0 Å². The van der Waals surface area contributed by atoms with E-state index >= 15 is 0 Å². The molecule has 106 valence electrons. The molecule has 3 rings (SSSR count). The number of benzene rings is 3. The van der Waals surface area contributed by atoms with Gasteiger partial charge in [-0.05, 0) is 41.7 Å². The van der Waals surface area contributed by atoms with E-state index in [4.69, 9.17) is 0 Å². The third kappa shape index (κ3) is 3.32. The van der Waals surface area contributed by atoms with Crippen molar-refractivity contribution in [2.75, 3.05) is 0 Å². The maximum absolute atomic E-state index is 10.4. The third-order valence-electron chi connectivity index (χ3n) is 3.93. The van der Waals surface area contributed by atoms with Crippen LogP contribution in [-0.4, -0.2) is 11.2 Å². The van der Waals surface area contributed by atoms with E-state index in [1.807, 2.05) is 0 Å². The topological polar surface area (TPSA) is 20.2 Å². The molecule has 0 aliphatic rings. The van der Waals surface area contributed by atoms with Gasteiger partial charge in [-0.2, -0.15) is 0 Å². The second-order valence-corrected chi connectivity index (χ2v) is 5.69. The van der Waals surface area contributed by atoms with Gasteiger partial charge < -0.3 is 5.11 Å². The number of hydrogen-bond donors (Lipinski definition) is 1. The van der Waals surface area contributed by atoms with Crippen molar-refractivity contribution in [3.63, 3.8) is 0 Å². The van der Waals surface area contributed by atoms with Gasteiger partial charge in [0.15, 0.2) is 0 Å². The fraction of sp³-hybridized carbons (Fsp3) is 0.200. The molecule has 0 saturated carbocycles. The summed E-state index contributed by atoms with van der Waals surface area (Å²) in [6.45, 7) is 2.08. The summed E-state index contributed by atoms with van der Waals surface area (Å²) in [5.41, 5.74) is 3.66. The zero-order valence-electron chi connectivity index (χ0n) is 12.3. The van der Waals surface area contributed by atoms with Gasteiger partial charge in [0.1, 0.15) is 0 Å². The van der Waals surface area contributed by atoms with Gasteiger partial charge in [-0.3, -0.25) is 0 Å². The molecule has 3 aromatic rings. The summed E-state index contributed by atoms with van der Waals surface area (Å²) >= 11 is 0. The maximum Gasteiger partial charge on any atom is 0.0621 e. The van der Waals surface area contributed by atoms with E-state index in [9.17, 15) is 5.11 Å². The summed E-state index contributed by atoms with van der Waals surface area (Å²) in [6.07, 6.45) is 1.04. The largest absolute Gasteiger partial charge is 0.392 e. The molecule has 0 bridgehead atoms. The van der Waals surface area contributed by atoms with Crippen LogP contribution in [0.4, 0.5) is 0 Å². The minimum Gasteiger partial charge on any atom is -0.392 e. The van der Waals surface area contributed by atoms with Gasteiger partial charge >= 0.3 is 0 Å². The van der Waals surface area contributed by atoms with Crippen molar-refractivity contribution in [2.45, 2.75) is 25.9 Å². The fourth-order valence-corrected chi connectivity index (χ4v) is 2.79. The minimum absolute atomic E-state index is 0.349. The Balaban J connectivity index is 1.77. The molecular formula is C20H20O. The monoisotopic (exact) mass is 276 g/mol. The van der Waals surface area contributed by atoms with Gasteiger partial charge in [0.05, 0.1) is 6.10 Å². The van der Waals surface area contributed by atoms with Crippen molar-refractivity contribution in [3.8, 4) is 0 Å². The van der Waals surface area contributed by atoms with Crippen molar-refractivity contribution >= 4 is 10.8 Å². The molecule has 1 unspecified atom stereocenters. The van der Waals surface area contributed by atoms with Crippen LogP contribution >= 0.6 is 0 Å². The van der Waals surface area contributed by atoms with Crippen molar-refractivity contribution in [1.29, 1.82) is 0 Å². The lowest BCUT2D eigenvalue weighted by atomic mass is 9.96. The number of aliphatic hydroxyl groups is 1. The number of aryl methyl sites for hydroxylation is 1. The van der Waals surface area contributed by atoms with Gasteiger partial charge in [0.25, 0.3) is 0 Å². The Morgan fingerprint density at radius 3 is 2.33 bits per heavy atom. The van der Waals surface area contributed by atoms with E-state index in [-0.39, 0.29) is 6.10 Å². The van der Waals surface area contributed by atoms with Crippen LogP contribution in [0.3, 0.4) is 0 Å². The number of hydrogen-bond acceptors (Lipinski definition) is 1. The molecule has 1 atom stereocenters. The van der Waals surface area contributed by atoms with Gasteiger partial charge in [-0.15, -0.1) is 0 Å². The van der Waals surface area contributed by atoms with E-state index in [1.54, 1.807) is 0 Å². The van der Waals surface area contributed by atoms with E-state index in [2.05, 4.69) is 73.7 Å². The Morgan fingerprint density at radius 2 is 1.52 bits per heavy atom. The first-order chi connectivity index (χ1) is 10.2. The smallest absolute Gasteiger partial charge is 0.0621 e. The van der Waals surface area contributed by atoms with Crippen LogP contribution in [0.15, 0.2) is 66.7 Å². The second kappa shape index (κ2) is 6.11. The van der Waals surface area contributed by atoms with Crippen LogP contribution in [0.25, 0.3) is 10.8 Å². The molecule has 0 heterocycles. The minimum atomic E-state index is -0.349. The molecule has 0 spiro atoms. The van der Waals surface area contributed by atoms with Gasteiger partial charge in [-0.25, -0.2) is 0 Å². The first kappa shape index (κ1) is 13.8. The van der Waals surface area contributed by atoms with Crippen LogP contribution in [0.5, 0.6) is 0 Å².